The molecule has 0 radical (unpaired) electrons. The number of nitrogens with one attached hydrogen (secondary N) is 1. The van der Waals surface area contributed by atoms with Crippen molar-refractivity contribution in [2.45, 2.75) is 24.8 Å². The molecular weight excluding hydrogens is 404 g/mol. The van der Waals surface area contributed by atoms with Crippen molar-refractivity contribution in [2.24, 2.45) is 0 Å². The van der Waals surface area contributed by atoms with Gasteiger partial charge in [0.25, 0.3) is 10.0 Å². The number of nitrogens with zero attached hydrogens (tertiary/aromatic N) is 1. The molecule has 0 aliphatic rings. The SMILES string of the molecule is Cc1c(Cl)cccc1S(=O)(=O)Nc1nc(CCOCc2ccccc2)cs1. The molecule has 0 amide bonds. The third kappa shape index (κ3) is 5.29. The Morgan fingerprint density at radius 1 is 1.15 bits per heavy atom. The summed E-state index contributed by atoms with van der Waals surface area (Å²) in [4.78, 5) is 4.48. The molecule has 0 aliphatic heterocycles. The molecule has 0 saturated heterocycles. The molecule has 1 N–H and O–H groups in total. The molecule has 142 valence electrons. The predicted octanol–water partition coefficient (Wildman–Crippen LogP) is 4.67. The predicted molar refractivity (Wildman–Crippen MR) is 109 cm³/mol. The Balaban J connectivity index is 1.56. The molecule has 1 aromatic heterocycles. The fourth-order valence-corrected chi connectivity index (χ4v) is 4.95. The highest BCUT2D eigenvalue weighted by molar-refractivity contribution is 7.93. The van der Waals surface area contributed by atoms with Gasteiger partial charge in [-0.05, 0) is 30.2 Å². The summed E-state index contributed by atoms with van der Waals surface area (Å²) in [5.41, 5.74) is 2.41. The second-order valence-electron chi connectivity index (χ2n) is 5.90. The first-order valence-electron chi connectivity index (χ1n) is 8.30. The van der Waals surface area contributed by atoms with Crippen LogP contribution in [0.1, 0.15) is 16.8 Å². The van der Waals surface area contributed by atoms with Crippen LogP contribution in [0.3, 0.4) is 0 Å². The van der Waals surface area contributed by atoms with Crippen molar-refractivity contribution in [3.05, 3.63) is 75.8 Å². The number of benzene rings is 2. The van der Waals surface area contributed by atoms with Crippen LogP contribution in [0.5, 0.6) is 0 Å². The van der Waals surface area contributed by atoms with E-state index in [4.69, 9.17) is 16.3 Å². The van der Waals surface area contributed by atoms with Crippen LogP contribution in [0.25, 0.3) is 0 Å². The first-order chi connectivity index (χ1) is 13.0. The van der Waals surface area contributed by atoms with Gasteiger partial charge in [0.15, 0.2) is 5.13 Å². The minimum atomic E-state index is -3.73. The number of hydrogen-bond donors (Lipinski definition) is 1. The fourth-order valence-electron chi connectivity index (χ4n) is 2.46. The minimum Gasteiger partial charge on any atom is -0.376 e. The summed E-state index contributed by atoms with van der Waals surface area (Å²) in [5.74, 6) is 0. The minimum absolute atomic E-state index is 0.151. The highest BCUT2D eigenvalue weighted by Gasteiger charge is 2.19. The summed E-state index contributed by atoms with van der Waals surface area (Å²) in [7, 11) is -3.73. The maximum Gasteiger partial charge on any atom is 0.263 e. The van der Waals surface area contributed by atoms with Crippen LogP contribution in [0.2, 0.25) is 5.02 Å². The van der Waals surface area contributed by atoms with Gasteiger partial charge in [-0.15, -0.1) is 11.3 Å². The van der Waals surface area contributed by atoms with E-state index in [1.165, 1.54) is 17.4 Å². The van der Waals surface area contributed by atoms with Crippen LogP contribution in [-0.2, 0) is 27.8 Å². The average Bonchev–Trinajstić information content (AvgIpc) is 3.08. The van der Waals surface area contributed by atoms with Gasteiger partial charge in [-0.25, -0.2) is 13.4 Å². The molecule has 8 heteroatoms. The number of sulfonamides is 1. The van der Waals surface area contributed by atoms with Gasteiger partial charge < -0.3 is 4.74 Å². The largest absolute Gasteiger partial charge is 0.376 e. The maximum absolute atomic E-state index is 12.6. The van der Waals surface area contributed by atoms with Gasteiger partial charge in [0.1, 0.15) is 0 Å². The smallest absolute Gasteiger partial charge is 0.263 e. The van der Waals surface area contributed by atoms with Crippen molar-refractivity contribution >= 4 is 38.1 Å². The summed E-state index contributed by atoms with van der Waals surface area (Å²) in [6.07, 6.45) is 0.612. The maximum atomic E-state index is 12.6. The fraction of sp³-hybridized carbons (Fsp3) is 0.211. The van der Waals surface area contributed by atoms with E-state index in [1.807, 2.05) is 35.7 Å². The van der Waals surface area contributed by atoms with Gasteiger partial charge in [0.2, 0.25) is 0 Å². The number of hydrogen-bond acceptors (Lipinski definition) is 5. The van der Waals surface area contributed by atoms with Crippen LogP contribution in [-0.4, -0.2) is 20.0 Å². The Morgan fingerprint density at radius 3 is 2.70 bits per heavy atom. The Kier molecular flexibility index (Phi) is 6.49. The summed E-state index contributed by atoms with van der Waals surface area (Å²) in [6.45, 7) is 2.73. The molecule has 3 aromatic rings. The van der Waals surface area contributed by atoms with Gasteiger partial charge in [-0.2, -0.15) is 0 Å². The van der Waals surface area contributed by atoms with Crippen LogP contribution < -0.4 is 4.72 Å². The average molecular weight is 423 g/mol. The quantitative estimate of drug-likeness (QED) is 0.536. The Morgan fingerprint density at radius 2 is 1.93 bits per heavy atom. The summed E-state index contributed by atoms with van der Waals surface area (Å²) >= 11 is 7.27. The Labute approximate surface area is 168 Å². The van der Waals surface area contributed by atoms with Crippen LogP contribution in [0, 0.1) is 6.92 Å². The van der Waals surface area contributed by atoms with E-state index >= 15 is 0 Å². The van der Waals surface area contributed by atoms with E-state index in [2.05, 4.69) is 9.71 Å². The topological polar surface area (TPSA) is 68.3 Å². The number of rotatable bonds is 8. The van der Waals surface area contributed by atoms with Crippen LogP contribution in [0.4, 0.5) is 5.13 Å². The lowest BCUT2D eigenvalue weighted by Gasteiger charge is -2.09. The first-order valence-corrected chi connectivity index (χ1v) is 11.0. The second kappa shape index (κ2) is 8.84. The lowest BCUT2D eigenvalue weighted by atomic mass is 10.2. The van der Waals surface area contributed by atoms with E-state index < -0.39 is 10.0 Å². The van der Waals surface area contributed by atoms with Crippen molar-refractivity contribution in [1.82, 2.24) is 4.98 Å². The Hall–Kier alpha value is -1.93. The zero-order chi connectivity index (χ0) is 19.3. The second-order valence-corrected chi connectivity index (χ2v) is 8.82. The van der Waals surface area contributed by atoms with Crippen molar-refractivity contribution < 1.29 is 13.2 Å². The molecule has 0 bridgehead atoms. The van der Waals surface area contributed by atoms with Crippen LogP contribution >= 0.6 is 22.9 Å². The lowest BCUT2D eigenvalue weighted by molar-refractivity contribution is 0.123. The third-order valence-electron chi connectivity index (χ3n) is 3.90. The standard InChI is InChI=1S/C19H19ClN2O3S2/c1-14-17(20)8-5-9-18(14)27(23,24)22-19-21-16(13-26-19)10-11-25-12-15-6-3-2-4-7-15/h2-9,13H,10-12H2,1H3,(H,21,22). The van der Waals surface area contributed by atoms with E-state index in [-0.39, 0.29) is 4.90 Å². The summed E-state index contributed by atoms with van der Waals surface area (Å²) in [5, 5.41) is 2.56. The van der Waals surface area contributed by atoms with Gasteiger partial charge in [-0.3, -0.25) is 4.72 Å². The number of aromatic nitrogens is 1. The van der Waals surface area contributed by atoms with Gasteiger partial charge in [0, 0.05) is 16.8 Å². The highest BCUT2D eigenvalue weighted by atomic mass is 35.5. The normalized spacial score (nSPS) is 11.5. The molecule has 0 saturated carbocycles. The molecular formula is C19H19ClN2O3S2. The van der Waals surface area contributed by atoms with Gasteiger partial charge in [0.05, 0.1) is 23.8 Å². The Bertz CT molecular complexity index is 1000. The molecule has 3 rings (SSSR count). The molecule has 1 heterocycles. The molecule has 2 aromatic carbocycles. The van der Waals surface area contributed by atoms with Gasteiger partial charge in [-0.1, -0.05) is 48.0 Å². The molecule has 0 spiro atoms. The molecule has 0 unspecified atom stereocenters. The number of ether oxygens (including phenoxy) is 1. The van der Waals surface area contributed by atoms with E-state index in [0.29, 0.717) is 35.4 Å². The number of halogens is 1. The van der Waals surface area contributed by atoms with E-state index in [0.717, 1.165) is 11.3 Å². The van der Waals surface area contributed by atoms with Crippen molar-refractivity contribution in [1.29, 1.82) is 0 Å². The van der Waals surface area contributed by atoms with Crippen molar-refractivity contribution in [2.75, 3.05) is 11.3 Å². The number of thiazole rings is 1. The van der Waals surface area contributed by atoms with E-state index in [9.17, 15) is 8.42 Å². The summed E-state index contributed by atoms with van der Waals surface area (Å²) in [6, 6.07) is 14.7. The molecule has 0 atom stereocenters. The van der Waals surface area contributed by atoms with Crippen molar-refractivity contribution in [3.63, 3.8) is 0 Å². The van der Waals surface area contributed by atoms with Crippen molar-refractivity contribution in [3.8, 4) is 0 Å². The number of anilines is 1. The molecule has 0 fully saturated rings. The zero-order valence-electron chi connectivity index (χ0n) is 14.7. The van der Waals surface area contributed by atoms with Gasteiger partial charge >= 0.3 is 0 Å². The van der Waals surface area contributed by atoms with E-state index in [1.54, 1.807) is 19.1 Å². The third-order valence-corrected chi connectivity index (χ3v) is 6.72. The zero-order valence-corrected chi connectivity index (χ0v) is 17.1. The molecule has 0 aliphatic carbocycles. The highest BCUT2D eigenvalue weighted by Crippen LogP contribution is 2.26. The summed E-state index contributed by atoms with van der Waals surface area (Å²) < 4.78 is 33.3. The lowest BCUT2D eigenvalue weighted by Crippen LogP contribution is -2.14. The monoisotopic (exact) mass is 422 g/mol. The molecule has 5 nitrogen and oxygen atoms in total. The molecule has 27 heavy (non-hydrogen) atoms. The first kappa shape index (κ1) is 19.8. The van der Waals surface area contributed by atoms with Crippen LogP contribution in [0.15, 0.2) is 58.8 Å².